The Hall–Kier alpha value is -1.98. The Labute approximate surface area is 105 Å². The molecule has 1 aromatic heterocycles. The molecule has 0 saturated heterocycles. The van der Waals surface area contributed by atoms with Gasteiger partial charge >= 0.3 is 5.97 Å². The molecule has 0 aliphatic carbocycles. The van der Waals surface area contributed by atoms with Gasteiger partial charge < -0.3 is 10.4 Å². The molecular weight excluding hydrogens is 234 g/mol. The standard InChI is InChI=1S/C12H17N3O3/c1-4-9-8(6-7(3)14-15-9)11(16)13-10(5-2)12(17)18/h6,10H,4-5H2,1-3H3,(H,13,16)(H,17,18). The highest BCUT2D eigenvalue weighted by Gasteiger charge is 2.20. The van der Waals surface area contributed by atoms with Gasteiger partial charge in [-0.3, -0.25) is 4.79 Å². The normalized spacial score (nSPS) is 11.9. The molecule has 1 amide bonds. The van der Waals surface area contributed by atoms with E-state index in [0.717, 1.165) is 0 Å². The van der Waals surface area contributed by atoms with Crippen LogP contribution >= 0.6 is 0 Å². The van der Waals surface area contributed by atoms with Crippen molar-refractivity contribution >= 4 is 11.9 Å². The first-order chi connectivity index (χ1) is 8.49. The molecule has 6 heteroatoms. The number of nitrogens with one attached hydrogen (secondary N) is 1. The van der Waals surface area contributed by atoms with Crippen LogP contribution < -0.4 is 5.32 Å². The van der Waals surface area contributed by atoms with Crippen LogP contribution in [0.2, 0.25) is 0 Å². The van der Waals surface area contributed by atoms with Gasteiger partial charge in [0, 0.05) is 0 Å². The lowest BCUT2D eigenvalue weighted by atomic mass is 10.1. The highest BCUT2D eigenvalue weighted by atomic mass is 16.4. The van der Waals surface area contributed by atoms with E-state index in [0.29, 0.717) is 29.8 Å². The van der Waals surface area contributed by atoms with Gasteiger partial charge in [0.25, 0.3) is 5.91 Å². The van der Waals surface area contributed by atoms with Crippen molar-refractivity contribution in [3.05, 3.63) is 23.0 Å². The summed E-state index contributed by atoms with van der Waals surface area (Å²) in [5.41, 5.74) is 1.59. The maximum absolute atomic E-state index is 12.0. The van der Waals surface area contributed by atoms with Crippen molar-refractivity contribution in [1.29, 1.82) is 0 Å². The van der Waals surface area contributed by atoms with E-state index in [1.54, 1.807) is 19.9 Å². The topological polar surface area (TPSA) is 92.2 Å². The van der Waals surface area contributed by atoms with E-state index in [-0.39, 0.29) is 0 Å². The molecule has 98 valence electrons. The molecule has 0 aliphatic heterocycles. The lowest BCUT2D eigenvalue weighted by molar-refractivity contribution is -0.139. The van der Waals surface area contributed by atoms with Crippen molar-refractivity contribution in [2.24, 2.45) is 0 Å². The molecule has 0 fully saturated rings. The quantitative estimate of drug-likeness (QED) is 0.812. The lowest BCUT2D eigenvalue weighted by Gasteiger charge is -2.13. The molecule has 1 rings (SSSR count). The van der Waals surface area contributed by atoms with Crippen LogP contribution in [-0.2, 0) is 11.2 Å². The monoisotopic (exact) mass is 251 g/mol. The third-order valence-electron chi connectivity index (χ3n) is 2.58. The van der Waals surface area contributed by atoms with Gasteiger partial charge in [0.15, 0.2) is 0 Å². The highest BCUT2D eigenvalue weighted by molar-refractivity contribution is 5.97. The minimum atomic E-state index is -1.04. The second kappa shape index (κ2) is 6.09. The largest absolute Gasteiger partial charge is 0.480 e. The molecule has 0 aromatic carbocycles. The maximum Gasteiger partial charge on any atom is 0.326 e. The SMILES string of the molecule is CCc1nnc(C)cc1C(=O)NC(CC)C(=O)O. The zero-order valence-electron chi connectivity index (χ0n) is 10.7. The Morgan fingerprint density at radius 2 is 2.06 bits per heavy atom. The van der Waals surface area contributed by atoms with E-state index >= 15 is 0 Å². The maximum atomic E-state index is 12.0. The van der Waals surface area contributed by atoms with Crippen LogP contribution in [0.3, 0.4) is 0 Å². The summed E-state index contributed by atoms with van der Waals surface area (Å²) in [4.78, 5) is 22.9. The molecule has 0 radical (unpaired) electrons. The molecule has 1 aromatic rings. The first-order valence-electron chi connectivity index (χ1n) is 5.86. The molecule has 0 bridgehead atoms. The van der Waals surface area contributed by atoms with Crippen LogP contribution in [-0.4, -0.2) is 33.2 Å². The van der Waals surface area contributed by atoms with Gasteiger partial charge in [0.05, 0.1) is 17.0 Å². The number of carbonyl (C=O) groups excluding carboxylic acids is 1. The average molecular weight is 251 g/mol. The Balaban J connectivity index is 2.96. The number of nitrogens with zero attached hydrogens (tertiary/aromatic N) is 2. The van der Waals surface area contributed by atoms with Crippen LogP contribution in [0.1, 0.15) is 42.0 Å². The van der Waals surface area contributed by atoms with Crippen molar-refractivity contribution in [3.8, 4) is 0 Å². The molecule has 0 spiro atoms. The predicted molar refractivity (Wildman–Crippen MR) is 65.3 cm³/mol. The average Bonchev–Trinajstić information content (AvgIpc) is 2.35. The smallest absolute Gasteiger partial charge is 0.326 e. The summed E-state index contributed by atoms with van der Waals surface area (Å²) in [6.45, 7) is 5.30. The fourth-order valence-corrected chi connectivity index (χ4v) is 1.55. The van der Waals surface area contributed by atoms with Crippen LogP contribution in [0.25, 0.3) is 0 Å². The molecule has 0 saturated carbocycles. The van der Waals surface area contributed by atoms with E-state index in [1.165, 1.54) is 0 Å². The summed E-state index contributed by atoms with van der Waals surface area (Å²) in [5, 5.41) is 19.2. The first kappa shape index (κ1) is 14.1. The third kappa shape index (κ3) is 3.26. The summed E-state index contributed by atoms with van der Waals surface area (Å²) >= 11 is 0. The van der Waals surface area contributed by atoms with Gasteiger partial charge in [0.1, 0.15) is 6.04 Å². The van der Waals surface area contributed by atoms with Gasteiger partial charge in [-0.25, -0.2) is 4.79 Å². The van der Waals surface area contributed by atoms with Crippen molar-refractivity contribution < 1.29 is 14.7 Å². The van der Waals surface area contributed by atoms with Gasteiger partial charge in [-0.15, -0.1) is 0 Å². The minimum Gasteiger partial charge on any atom is -0.480 e. The van der Waals surface area contributed by atoms with E-state index in [9.17, 15) is 9.59 Å². The Morgan fingerprint density at radius 3 is 2.56 bits per heavy atom. The number of carbonyl (C=O) groups is 2. The first-order valence-corrected chi connectivity index (χ1v) is 5.86. The Kier molecular flexibility index (Phi) is 4.76. The van der Waals surface area contributed by atoms with Gasteiger partial charge in [-0.2, -0.15) is 10.2 Å². The molecule has 1 unspecified atom stereocenters. The number of aliphatic carboxylic acids is 1. The molecule has 2 N–H and O–H groups in total. The van der Waals surface area contributed by atoms with Crippen LogP contribution in [0, 0.1) is 6.92 Å². The van der Waals surface area contributed by atoms with Crippen LogP contribution in [0.5, 0.6) is 0 Å². The van der Waals surface area contributed by atoms with E-state index in [1.807, 2.05) is 6.92 Å². The number of hydrogen-bond donors (Lipinski definition) is 2. The molecule has 18 heavy (non-hydrogen) atoms. The number of rotatable bonds is 5. The van der Waals surface area contributed by atoms with Crippen molar-refractivity contribution in [3.63, 3.8) is 0 Å². The van der Waals surface area contributed by atoms with Crippen LogP contribution in [0.4, 0.5) is 0 Å². The Bertz CT molecular complexity index is 460. The zero-order valence-corrected chi connectivity index (χ0v) is 10.7. The fourth-order valence-electron chi connectivity index (χ4n) is 1.55. The van der Waals surface area contributed by atoms with Crippen molar-refractivity contribution in [1.82, 2.24) is 15.5 Å². The van der Waals surface area contributed by atoms with Gasteiger partial charge in [-0.1, -0.05) is 13.8 Å². The van der Waals surface area contributed by atoms with E-state index in [4.69, 9.17) is 5.11 Å². The molecular formula is C12H17N3O3. The summed E-state index contributed by atoms with van der Waals surface area (Å²) in [7, 11) is 0. The number of hydrogen-bond acceptors (Lipinski definition) is 4. The van der Waals surface area contributed by atoms with E-state index < -0.39 is 17.9 Å². The number of amides is 1. The minimum absolute atomic E-state index is 0.333. The lowest BCUT2D eigenvalue weighted by Crippen LogP contribution is -2.40. The number of carboxylic acid groups (broad SMARTS) is 1. The second-order valence-corrected chi connectivity index (χ2v) is 3.97. The summed E-state index contributed by atoms with van der Waals surface area (Å²) < 4.78 is 0. The molecule has 1 atom stereocenters. The molecule has 6 nitrogen and oxygen atoms in total. The molecule has 1 heterocycles. The van der Waals surface area contributed by atoms with Crippen LogP contribution in [0.15, 0.2) is 6.07 Å². The molecule has 0 aliphatic rings. The van der Waals surface area contributed by atoms with Crippen molar-refractivity contribution in [2.45, 2.75) is 39.7 Å². The number of aromatic nitrogens is 2. The number of carboxylic acids is 1. The summed E-state index contributed by atoms with van der Waals surface area (Å²) in [6.07, 6.45) is 0.903. The van der Waals surface area contributed by atoms with Gasteiger partial charge in [0.2, 0.25) is 0 Å². The van der Waals surface area contributed by atoms with E-state index in [2.05, 4.69) is 15.5 Å². The summed E-state index contributed by atoms with van der Waals surface area (Å²) in [6, 6.07) is 0.742. The van der Waals surface area contributed by atoms with Crippen molar-refractivity contribution in [2.75, 3.05) is 0 Å². The zero-order chi connectivity index (χ0) is 13.7. The summed E-state index contributed by atoms with van der Waals surface area (Å²) in [5.74, 6) is -1.46. The third-order valence-corrected chi connectivity index (χ3v) is 2.58. The fraction of sp³-hybridized carbons (Fsp3) is 0.500. The Morgan fingerprint density at radius 1 is 1.39 bits per heavy atom. The van der Waals surface area contributed by atoms with Gasteiger partial charge in [-0.05, 0) is 25.8 Å². The number of aryl methyl sites for hydroxylation is 2. The highest BCUT2D eigenvalue weighted by Crippen LogP contribution is 2.08. The predicted octanol–water partition coefficient (Wildman–Crippen LogP) is 0.940. The second-order valence-electron chi connectivity index (χ2n) is 3.97.